The van der Waals surface area contributed by atoms with Crippen LogP contribution in [0.3, 0.4) is 0 Å². The Morgan fingerprint density at radius 1 is 1.03 bits per heavy atom. The molecule has 1 atom stereocenters. The van der Waals surface area contributed by atoms with Crippen LogP contribution in [0.1, 0.15) is 32.6 Å². The van der Waals surface area contributed by atoms with Gasteiger partial charge in [0.05, 0.1) is 8.80 Å². The minimum atomic E-state index is -0.493. The Labute approximate surface area is 200 Å². The molecule has 2 radical (unpaired) electrons. The summed E-state index contributed by atoms with van der Waals surface area (Å²) in [6.07, 6.45) is 5.72. The second-order valence-electron chi connectivity index (χ2n) is 6.80. The van der Waals surface area contributed by atoms with E-state index in [4.69, 9.17) is 4.74 Å². The van der Waals surface area contributed by atoms with E-state index in [1.54, 1.807) is 12.1 Å². The maximum absolute atomic E-state index is 11.7. The topological polar surface area (TPSA) is 40.4 Å². The first kappa shape index (κ1) is 27.8. The minimum absolute atomic E-state index is 0. The first-order valence-corrected chi connectivity index (χ1v) is 12.1. The van der Waals surface area contributed by atoms with Crippen molar-refractivity contribution < 1.29 is 45.5 Å². The van der Waals surface area contributed by atoms with Gasteiger partial charge in [0.1, 0.15) is 6.10 Å². The van der Waals surface area contributed by atoms with Crippen LogP contribution in [-0.2, 0) is 21.8 Å². The van der Waals surface area contributed by atoms with Crippen LogP contribution in [0.15, 0.2) is 72.3 Å². The summed E-state index contributed by atoms with van der Waals surface area (Å²) < 4.78 is 5.42. The predicted octanol–water partition coefficient (Wildman–Crippen LogP) is 3.37. The van der Waals surface area contributed by atoms with Gasteiger partial charge in [0.25, 0.3) is 0 Å². The fourth-order valence-corrected chi connectivity index (χ4v) is 3.86. The van der Waals surface area contributed by atoms with Crippen molar-refractivity contribution in [2.24, 2.45) is 0 Å². The molecule has 1 amide bonds. The average molecular weight is 450 g/mol. The quantitative estimate of drug-likeness (QED) is 0.532. The van der Waals surface area contributed by atoms with Crippen molar-refractivity contribution in [1.29, 1.82) is 0 Å². The van der Waals surface area contributed by atoms with E-state index in [1.165, 1.54) is 17.2 Å². The van der Waals surface area contributed by atoms with Crippen LogP contribution >= 0.6 is 0 Å². The van der Waals surface area contributed by atoms with Gasteiger partial charge in [0.2, 0.25) is 6.09 Å². The van der Waals surface area contributed by atoms with Crippen molar-refractivity contribution in [2.75, 3.05) is 0 Å². The zero-order chi connectivity index (χ0) is 19.5. The number of hydrogen-bond acceptors (Lipinski definition) is 2. The van der Waals surface area contributed by atoms with Crippen molar-refractivity contribution in [2.45, 2.75) is 51.8 Å². The van der Waals surface area contributed by atoms with E-state index in [0.29, 0.717) is 5.69 Å². The third-order valence-electron chi connectivity index (χ3n) is 4.54. The molecule has 0 saturated heterocycles. The summed E-state index contributed by atoms with van der Waals surface area (Å²) in [6, 6.07) is 19.9. The Kier molecular flexibility index (Phi) is 14.9. The van der Waals surface area contributed by atoms with Crippen LogP contribution in [0.5, 0.6) is 0 Å². The molecule has 0 spiro atoms. The number of carbonyl (C=O) groups excluding carboxylic acids is 1. The maximum atomic E-state index is 11.7. The van der Waals surface area contributed by atoms with Crippen LogP contribution in [0.2, 0.25) is 13.1 Å². The second kappa shape index (κ2) is 15.6. The molecule has 0 N–H and O–H groups in total. The number of hydrogen-bond donors (Lipinski definition) is 0. The number of benzene rings is 2. The first-order chi connectivity index (χ1) is 13.1. The number of carbonyl (C=O) groups is 1. The van der Waals surface area contributed by atoms with Gasteiger partial charge in [-0.1, -0.05) is 85.0 Å². The molecule has 0 heterocycles. The van der Waals surface area contributed by atoms with Crippen LogP contribution in [-0.4, -0.2) is 21.0 Å². The van der Waals surface area contributed by atoms with E-state index in [2.05, 4.69) is 54.8 Å². The minimum Gasteiger partial charge on any atom is -0.591 e. The fourth-order valence-electron chi connectivity index (χ4n) is 3.00. The number of ether oxygens (including phenoxy) is 1. The summed E-state index contributed by atoms with van der Waals surface area (Å²) in [7, 11) is -0.212. The Morgan fingerprint density at radius 3 is 2.14 bits per heavy atom. The van der Waals surface area contributed by atoms with Gasteiger partial charge in [-0.2, -0.15) is 0 Å². The summed E-state index contributed by atoms with van der Waals surface area (Å²) in [5, 5.41) is 5.45. The van der Waals surface area contributed by atoms with Crippen LogP contribution in [0.4, 0.5) is 10.5 Å². The fraction of sp³-hybridized carbons (Fsp3) is 0.348. The van der Waals surface area contributed by atoms with Crippen molar-refractivity contribution in [3.63, 3.8) is 0 Å². The molecule has 0 bridgehead atoms. The SMILES string of the molecule is C/C=C1\CCCCC1OC(=O)[N-]c1ccccc1.C[Si](C)c1ccccc1.[Cu].[Li+]. The summed E-state index contributed by atoms with van der Waals surface area (Å²) in [6.45, 7) is 6.61. The number of allylic oxidation sites excluding steroid dienone is 1. The molecule has 1 aliphatic rings. The van der Waals surface area contributed by atoms with Crippen molar-refractivity contribution in [1.82, 2.24) is 0 Å². The van der Waals surface area contributed by atoms with E-state index < -0.39 is 6.09 Å². The van der Waals surface area contributed by atoms with Crippen molar-refractivity contribution in [3.05, 3.63) is 77.6 Å². The van der Waals surface area contributed by atoms with Gasteiger partial charge in [-0.15, -0.1) is 5.69 Å². The molecule has 6 heteroatoms. The second-order valence-corrected chi connectivity index (χ2v) is 9.37. The number of para-hydroxylation sites is 1. The van der Waals surface area contributed by atoms with Gasteiger partial charge >= 0.3 is 18.9 Å². The largest absolute Gasteiger partial charge is 1.00 e. The van der Waals surface area contributed by atoms with Gasteiger partial charge < -0.3 is 10.1 Å². The predicted molar refractivity (Wildman–Crippen MR) is 116 cm³/mol. The van der Waals surface area contributed by atoms with Crippen LogP contribution in [0.25, 0.3) is 5.32 Å². The van der Waals surface area contributed by atoms with E-state index in [-0.39, 0.29) is 50.8 Å². The zero-order valence-electron chi connectivity index (χ0n) is 17.8. The Balaban J connectivity index is 0.000000610. The van der Waals surface area contributed by atoms with Crippen LogP contribution < -0.4 is 24.0 Å². The smallest absolute Gasteiger partial charge is 0.591 e. The average Bonchev–Trinajstić information content (AvgIpc) is 2.70. The Morgan fingerprint density at radius 2 is 1.62 bits per heavy atom. The van der Waals surface area contributed by atoms with Gasteiger partial charge in [-0.25, -0.2) is 0 Å². The van der Waals surface area contributed by atoms with Gasteiger partial charge in [0, 0.05) is 17.1 Å². The number of rotatable bonds is 3. The van der Waals surface area contributed by atoms with Gasteiger partial charge in [-0.05, 0) is 38.2 Å². The monoisotopic (exact) mass is 449 g/mol. The Hall–Kier alpha value is -1.22. The van der Waals surface area contributed by atoms with Gasteiger partial charge in [-0.3, -0.25) is 4.79 Å². The maximum Gasteiger partial charge on any atom is 1.00 e. The Bertz CT molecular complexity index is 726. The van der Waals surface area contributed by atoms with Crippen molar-refractivity contribution in [3.8, 4) is 0 Å². The summed E-state index contributed by atoms with van der Waals surface area (Å²) >= 11 is 0. The summed E-state index contributed by atoms with van der Waals surface area (Å²) in [4.78, 5) is 11.7. The van der Waals surface area contributed by atoms with Crippen LogP contribution in [0, 0.1) is 0 Å². The van der Waals surface area contributed by atoms with Crippen molar-refractivity contribution >= 4 is 25.8 Å². The zero-order valence-corrected chi connectivity index (χ0v) is 19.8. The first-order valence-electron chi connectivity index (χ1n) is 9.58. The molecule has 0 aromatic heterocycles. The molecule has 29 heavy (non-hydrogen) atoms. The molecule has 0 aliphatic heterocycles. The third kappa shape index (κ3) is 10.4. The molecular formula is C23H29CuLiNO2Si. The molecule has 154 valence electrons. The van der Waals surface area contributed by atoms with E-state index >= 15 is 0 Å². The van der Waals surface area contributed by atoms with Gasteiger partial charge in [0.15, 0.2) is 0 Å². The third-order valence-corrected chi connectivity index (χ3v) is 6.02. The molecule has 2 aromatic rings. The summed E-state index contributed by atoms with van der Waals surface area (Å²) in [5.74, 6) is 0. The van der Waals surface area contributed by atoms with E-state index in [0.717, 1.165) is 19.3 Å². The molecule has 1 saturated carbocycles. The summed E-state index contributed by atoms with van der Waals surface area (Å²) in [5.41, 5.74) is 1.86. The molecule has 2 aromatic carbocycles. The number of nitrogens with zero attached hydrogens (tertiary/aromatic N) is 1. The number of amides is 1. The molecule has 3 rings (SSSR count). The van der Waals surface area contributed by atoms with E-state index in [1.807, 2.05) is 25.1 Å². The molecule has 1 aliphatic carbocycles. The molecule has 1 unspecified atom stereocenters. The molecule has 3 nitrogen and oxygen atoms in total. The van der Waals surface area contributed by atoms with E-state index in [9.17, 15) is 4.79 Å². The normalized spacial score (nSPS) is 16.6. The molecule has 1 fully saturated rings. The molecular weight excluding hydrogens is 421 g/mol. The standard InChI is InChI=1S/C15H19NO2.C8H11Si.Cu.Li/c1-2-12-8-6-7-11-14(12)18-15(17)16-13-9-4-3-5-10-13;1-9(2)8-6-4-3-5-7-8;;/h2-5,9-10,14H,6-8,11H2,1H3,(H,16,17);3-7H,1-2H3;;/q;;;+1/p-1/b12-2+;;;.